The molecule has 3 rings (SSSR count). The van der Waals surface area contributed by atoms with Crippen molar-refractivity contribution in [2.75, 3.05) is 0 Å². The number of nitrogens with zero attached hydrogens (tertiary/aromatic N) is 1. The molecule has 1 amide bonds. The maximum atomic E-state index is 12.7. The van der Waals surface area contributed by atoms with Crippen molar-refractivity contribution in [1.29, 1.82) is 0 Å². The minimum absolute atomic E-state index is 0.00457. The van der Waals surface area contributed by atoms with Gasteiger partial charge in [0.05, 0.1) is 12.1 Å². The second-order valence-electron chi connectivity index (χ2n) is 9.16. The van der Waals surface area contributed by atoms with Crippen LogP contribution < -0.4 is 5.43 Å². The molecule has 0 unspecified atom stereocenters. The summed E-state index contributed by atoms with van der Waals surface area (Å²) in [5, 5.41) is 14.1. The Morgan fingerprint density at radius 2 is 1.49 bits per heavy atom. The number of carboxylic acids is 1. The molecule has 5 nitrogen and oxygen atoms in total. The number of carbonyl (C=O) groups is 2. The molecule has 0 saturated carbocycles. The molecule has 2 N–H and O–H groups in total. The Labute approximate surface area is 215 Å². The van der Waals surface area contributed by atoms with E-state index in [1.54, 1.807) is 23.9 Å². The monoisotopic (exact) mass is 508 g/mol. The Morgan fingerprint density at radius 3 is 2.06 bits per heavy atom. The zero-order valence-electron chi connectivity index (χ0n) is 20.0. The first-order valence-electron chi connectivity index (χ1n) is 11.3. The topological polar surface area (TPSA) is 78.8 Å². The zero-order chi connectivity index (χ0) is 25.4. The minimum atomic E-state index is -0.914. The predicted molar refractivity (Wildman–Crippen MR) is 143 cm³/mol. The van der Waals surface area contributed by atoms with E-state index in [9.17, 15) is 9.59 Å². The van der Waals surface area contributed by atoms with E-state index >= 15 is 0 Å². The molecule has 0 aliphatic heterocycles. The van der Waals surface area contributed by atoms with Gasteiger partial charge in [0.25, 0.3) is 5.91 Å². The lowest BCUT2D eigenvalue weighted by atomic mass is 9.86. The first kappa shape index (κ1) is 26.5. The van der Waals surface area contributed by atoms with E-state index in [0.717, 1.165) is 27.3 Å². The van der Waals surface area contributed by atoms with E-state index in [-0.39, 0.29) is 24.2 Å². The molecule has 0 bridgehead atoms. The molecule has 0 saturated heterocycles. The second-order valence-corrected chi connectivity index (χ2v) is 10.6. The van der Waals surface area contributed by atoms with Crippen molar-refractivity contribution in [2.24, 2.45) is 5.10 Å². The third-order valence-corrected chi connectivity index (χ3v) is 6.72. The number of hydrogen-bond acceptors (Lipinski definition) is 4. The number of carboxylic acid groups (broad SMARTS) is 1. The largest absolute Gasteiger partial charge is 0.481 e. The summed E-state index contributed by atoms with van der Waals surface area (Å²) in [6, 6.07) is 22.9. The van der Waals surface area contributed by atoms with Gasteiger partial charge in [0.2, 0.25) is 0 Å². The van der Waals surface area contributed by atoms with Gasteiger partial charge in [0.1, 0.15) is 0 Å². The van der Waals surface area contributed by atoms with E-state index in [1.807, 2.05) is 60.7 Å². The fraction of sp³-hybridized carbons (Fsp3) is 0.250. The van der Waals surface area contributed by atoms with Crippen molar-refractivity contribution >= 4 is 41.0 Å². The van der Waals surface area contributed by atoms with Crippen LogP contribution in [0.15, 0.2) is 82.8 Å². The number of rotatable bonds is 9. The molecule has 0 aromatic heterocycles. The molecular weight excluding hydrogens is 480 g/mol. The molecule has 0 spiro atoms. The summed E-state index contributed by atoms with van der Waals surface area (Å²) in [6.07, 6.45) is 0.140. The number of carbonyl (C=O) groups excluding carboxylic acids is 1. The van der Waals surface area contributed by atoms with Gasteiger partial charge in [0.15, 0.2) is 0 Å². The summed E-state index contributed by atoms with van der Waals surface area (Å²) in [5.41, 5.74) is 6.64. The Balaban J connectivity index is 1.66. The van der Waals surface area contributed by atoms with Crippen LogP contribution in [0.2, 0.25) is 5.02 Å². The van der Waals surface area contributed by atoms with Crippen molar-refractivity contribution in [1.82, 2.24) is 5.43 Å². The van der Waals surface area contributed by atoms with Crippen LogP contribution in [0.5, 0.6) is 0 Å². The Bertz CT molecular complexity index is 1180. The third-order valence-electron chi connectivity index (χ3n) is 5.39. The van der Waals surface area contributed by atoms with Gasteiger partial charge in [-0.15, -0.1) is 11.8 Å². The van der Waals surface area contributed by atoms with Crippen molar-refractivity contribution in [3.63, 3.8) is 0 Å². The summed E-state index contributed by atoms with van der Waals surface area (Å²) in [7, 11) is 0. The zero-order valence-corrected chi connectivity index (χ0v) is 21.6. The van der Waals surface area contributed by atoms with Crippen molar-refractivity contribution < 1.29 is 14.7 Å². The van der Waals surface area contributed by atoms with Gasteiger partial charge in [-0.05, 0) is 58.5 Å². The number of benzene rings is 3. The molecule has 0 fully saturated rings. The standard InChI is InChI=1S/C28H29ClN2O3S/c1-28(2,3)22-10-8-20(9-11-22)25(16-17-26(32)33)30-31-27(34)21-6-4-19(5-7-21)18-35-24-14-12-23(29)13-15-24/h4-15H,16-18H2,1-3H3,(H,31,34)(H,32,33). The maximum Gasteiger partial charge on any atom is 0.303 e. The van der Waals surface area contributed by atoms with Gasteiger partial charge >= 0.3 is 5.97 Å². The van der Waals surface area contributed by atoms with Crippen LogP contribution in [0.1, 0.15) is 60.7 Å². The average molecular weight is 509 g/mol. The second kappa shape index (κ2) is 12.0. The van der Waals surface area contributed by atoms with Gasteiger partial charge in [0, 0.05) is 27.7 Å². The van der Waals surface area contributed by atoms with Gasteiger partial charge in [-0.25, -0.2) is 5.43 Å². The highest BCUT2D eigenvalue weighted by Crippen LogP contribution is 2.25. The number of aliphatic carboxylic acids is 1. The van der Waals surface area contributed by atoms with Gasteiger partial charge in [-0.3, -0.25) is 9.59 Å². The average Bonchev–Trinajstić information content (AvgIpc) is 2.83. The molecule has 0 aliphatic carbocycles. The van der Waals surface area contributed by atoms with Gasteiger partial charge < -0.3 is 5.11 Å². The Kier molecular flexibility index (Phi) is 9.13. The summed E-state index contributed by atoms with van der Waals surface area (Å²) in [6.45, 7) is 6.38. The lowest BCUT2D eigenvalue weighted by molar-refractivity contribution is -0.136. The van der Waals surface area contributed by atoms with E-state index in [1.165, 1.54) is 0 Å². The quantitative estimate of drug-likeness (QED) is 0.186. The molecule has 182 valence electrons. The molecular formula is C28H29ClN2O3S. The summed E-state index contributed by atoms with van der Waals surface area (Å²) in [5.74, 6) is -0.491. The number of nitrogens with one attached hydrogen (secondary N) is 1. The third kappa shape index (κ3) is 8.26. The van der Waals surface area contributed by atoms with E-state index in [4.69, 9.17) is 16.7 Å². The van der Waals surface area contributed by atoms with Gasteiger partial charge in [-0.1, -0.05) is 68.8 Å². The molecule has 3 aromatic rings. The smallest absolute Gasteiger partial charge is 0.303 e. The highest BCUT2D eigenvalue weighted by atomic mass is 35.5. The fourth-order valence-corrected chi connectivity index (χ4v) is 4.27. The van der Waals surface area contributed by atoms with E-state index in [2.05, 4.69) is 31.3 Å². The number of hydrogen-bond donors (Lipinski definition) is 2. The Hall–Kier alpha value is -3.09. The van der Waals surface area contributed by atoms with Crippen LogP contribution in [-0.4, -0.2) is 22.7 Å². The lowest BCUT2D eigenvalue weighted by Gasteiger charge is -2.19. The van der Waals surface area contributed by atoms with Gasteiger partial charge in [-0.2, -0.15) is 5.10 Å². The van der Waals surface area contributed by atoms with Crippen molar-refractivity contribution in [2.45, 2.75) is 49.7 Å². The number of amides is 1. The molecule has 7 heteroatoms. The lowest BCUT2D eigenvalue weighted by Crippen LogP contribution is -2.20. The predicted octanol–water partition coefficient (Wildman–Crippen LogP) is 6.93. The van der Waals surface area contributed by atoms with Crippen LogP contribution in [0, 0.1) is 0 Å². The fourth-order valence-electron chi connectivity index (χ4n) is 3.29. The van der Waals surface area contributed by atoms with Crippen molar-refractivity contribution in [3.8, 4) is 0 Å². The summed E-state index contributed by atoms with van der Waals surface area (Å²) in [4.78, 5) is 24.9. The molecule has 3 aromatic carbocycles. The summed E-state index contributed by atoms with van der Waals surface area (Å²) < 4.78 is 0. The number of hydrazone groups is 1. The summed E-state index contributed by atoms with van der Waals surface area (Å²) >= 11 is 7.62. The van der Waals surface area contributed by atoms with Crippen LogP contribution >= 0.6 is 23.4 Å². The Morgan fingerprint density at radius 1 is 0.886 bits per heavy atom. The first-order chi connectivity index (χ1) is 16.6. The maximum absolute atomic E-state index is 12.7. The minimum Gasteiger partial charge on any atom is -0.481 e. The van der Waals surface area contributed by atoms with Crippen LogP contribution in [-0.2, 0) is 16.0 Å². The molecule has 35 heavy (non-hydrogen) atoms. The normalized spacial score (nSPS) is 11.8. The highest BCUT2D eigenvalue weighted by Gasteiger charge is 2.15. The van der Waals surface area contributed by atoms with Crippen molar-refractivity contribution in [3.05, 3.63) is 100 Å². The highest BCUT2D eigenvalue weighted by molar-refractivity contribution is 7.98. The van der Waals surface area contributed by atoms with Crippen LogP contribution in [0.4, 0.5) is 0 Å². The van der Waals surface area contributed by atoms with Crippen LogP contribution in [0.3, 0.4) is 0 Å². The number of halogens is 1. The van der Waals surface area contributed by atoms with E-state index in [0.29, 0.717) is 16.3 Å². The molecule has 0 atom stereocenters. The molecule has 0 heterocycles. The first-order valence-corrected chi connectivity index (χ1v) is 12.6. The number of thioether (sulfide) groups is 1. The molecule has 0 radical (unpaired) electrons. The SMILES string of the molecule is CC(C)(C)c1ccc(C(CCC(=O)O)=NNC(=O)c2ccc(CSc3ccc(Cl)cc3)cc2)cc1. The van der Waals surface area contributed by atoms with Crippen LogP contribution in [0.25, 0.3) is 0 Å². The molecule has 0 aliphatic rings. The van der Waals surface area contributed by atoms with E-state index < -0.39 is 5.97 Å².